The smallest absolute Gasteiger partial charge is 0.249 e. The largest absolute Gasteiger partial charge is 0.497 e. The van der Waals surface area contributed by atoms with Crippen molar-refractivity contribution in [3.05, 3.63) is 59.8 Å². The number of methoxy groups -OCH3 is 1. The lowest BCUT2D eigenvalue weighted by Gasteiger charge is -2.13. The van der Waals surface area contributed by atoms with E-state index in [1.807, 2.05) is 24.3 Å². The molecule has 128 valence electrons. The van der Waals surface area contributed by atoms with Crippen molar-refractivity contribution in [3.8, 4) is 5.75 Å². The maximum absolute atomic E-state index is 5.23. The number of nitrogens with zero attached hydrogens (tertiary/aromatic N) is 3. The molecule has 3 aromatic rings. The highest BCUT2D eigenvalue weighted by atomic mass is 16.5. The lowest BCUT2D eigenvalue weighted by atomic mass is 10.1. The molecule has 0 aliphatic heterocycles. The Bertz CT molecular complexity index is 866. The molecule has 3 rings (SSSR count). The Morgan fingerprint density at radius 1 is 1.08 bits per heavy atom. The maximum Gasteiger partial charge on any atom is 0.249 e. The molecule has 1 heterocycles. The highest BCUT2D eigenvalue weighted by Gasteiger charge is 2.08. The molecule has 0 aliphatic rings. The number of ether oxygens (including phenoxy) is 1. The zero-order valence-corrected chi connectivity index (χ0v) is 14.6. The summed E-state index contributed by atoms with van der Waals surface area (Å²) in [6.07, 6.45) is 2.52. The van der Waals surface area contributed by atoms with Crippen molar-refractivity contribution < 1.29 is 4.74 Å². The molecule has 2 N–H and O–H groups in total. The van der Waals surface area contributed by atoms with Crippen molar-refractivity contribution in [2.75, 3.05) is 17.7 Å². The number of aryl methyl sites for hydroxylation is 2. The van der Waals surface area contributed by atoms with E-state index in [9.17, 15) is 0 Å². The molecule has 6 heteroatoms. The monoisotopic (exact) mass is 335 g/mol. The van der Waals surface area contributed by atoms with Gasteiger partial charge in [0.1, 0.15) is 5.75 Å². The van der Waals surface area contributed by atoms with Crippen molar-refractivity contribution in [2.45, 2.75) is 20.3 Å². The van der Waals surface area contributed by atoms with Crippen molar-refractivity contribution >= 4 is 23.1 Å². The van der Waals surface area contributed by atoms with Gasteiger partial charge in [-0.3, -0.25) is 0 Å². The Hall–Kier alpha value is -3.15. The summed E-state index contributed by atoms with van der Waals surface area (Å²) in [7, 11) is 1.64. The fourth-order valence-electron chi connectivity index (χ4n) is 2.58. The summed E-state index contributed by atoms with van der Waals surface area (Å²) >= 11 is 0. The number of hydrogen-bond donors (Lipinski definition) is 2. The lowest BCUT2D eigenvalue weighted by molar-refractivity contribution is 0.415. The normalized spacial score (nSPS) is 10.4. The predicted octanol–water partition coefficient (Wildman–Crippen LogP) is 4.24. The van der Waals surface area contributed by atoms with E-state index in [0.29, 0.717) is 11.8 Å². The summed E-state index contributed by atoms with van der Waals surface area (Å²) in [5.74, 6) is 1.84. The number of aromatic nitrogens is 3. The lowest BCUT2D eigenvalue weighted by Crippen LogP contribution is -2.05. The average Bonchev–Trinajstić information content (AvgIpc) is 2.64. The van der Waals surface area contributed by atoms with Crippen LogP contribution in [0.3, 0.4) is 0 Å². The molecule has 6 nitrogen and oxygen atoms in total. The topological polar surface area (TPSA) is 72.0 Å². The highest BCUT2D eigenvalue weighted by molar-refractivity contribution is 5.64. The maximum atomic E-state index is 5.23. The molecule has 0 unspecified atom stereocenters. The van der Waals surface area contributed by atoms with Gasteiger partial charge >= 0.3 is 0 Å². The van der Waals surface area contributed by atoms with Crippen LogP contribution < -0.4 is 15.4 Å². The van der Waals surface area contributed by atoms with E-state index in [1.165, 1.54) is 5.56 Å². The molecular weight excluding hydrogens is 314 g/mol. The number of nitrogens with one attached hydrogen (secondary N) is 2. The van der Waals surface area contributed by atoms with Gasteiger partial charge < -0.3 is 15.4 Å². The van der Waals surface area contributed by atoms with Gasteiger partial charge in [0, 0.05) is 17.4 Å². The second kappa shape index (κ2) is 7.61. The van der Waals surface area contributed by atoms with E-state index < -0.39 is 0 Å². The van der Waals surface area contributed by atoms with E-state index in [4.69, 9.17) is 4.74 Å². The van der Waals surface area contributed by atoms with Crippen molar-refractivity contribution in [2.24, 2.45) is 0 Å². The van der Waals surface area contributed by atoms with Gasteiger partial charge in [0.2, 0.25) is 5.95 Å². The van der Waals surface area contributed by atoms with Crippen molar-refractivity contribution in [1.29, 1.82) is 0 Å². The molecule has 0 radical (unpaired) electrons. The van der Waals surface area contributed by atoms with Crippen LogP contribution in [-0.4, -0.2) is 22.3 Å². The van der Waals surface area contributed by atoms with Crippen LogP contribution in [0.5, 0.6) is 5.75 Å². The van der Waals surface area contributed by atoms with Crippen LogP contribution in [-0.2, 0) is 6.42 Å². The summed E-state index contributed by atoms with van der Waals surface area (Å²) < 4.78 is 5.23. The summed E-state index contributed by atoms with van der Waals surface area (Å²) in [4.78, 5) is 4.50. The summed E-state index contributed by atoms with van der Waals surface area (Å²) in [6, 6.07) is 13.9. The van der Waals surface area contributed by atoms with E-state index >= 15 is 0 Å². The molecule has 0 fully saturated rings. The molecule has 1 aromatic heterocycles. The standard InChI is InChI=1S/C19H21N5O/c1-4-14-8-5-7-13(2)18(14)23-19-22-17(12-20-24-19)21-15-9-6-10-16(11-15)25-3/h5-12H,4H2,1-3H3,(H2,21,22,23,24). The Morgan fingerprint density at radius 2 is 1.92 bits per heavy atom. The third kappa shape index (κ3) is 4.03. The molecule has 0 saturated heterocycles. The zero-order valence-electron chi connectivity index (χ0n) is 14.6. The molecule has 0 bridgehead atoms. The molecule has 0 saturated carbocycles. The minimum atomic E-state index is 0.455. The van der Waals surface area contributed by atoms with E-state index in [0.717, 1.165) is 29.1 Å². The van der Waals surface area contributed by atoms with Crippen LogP contribution in [0.4, 0.5) is 23.1 Å². The molecule has 2 aromatic carbocycles. The van der Waals surface area contributed by atoms with Crippen LogP contribution in [0, 0.1) is 6.92 Å². The first-order chi connectivity index (χ1) is 12.2. The zero-order chi connectivity index (χ0) is 17.6. The van der Waals surface area contributed by atoms with Crippen LogP contribution >= 0.6 is 0 Å². The van der Waals surface area contributed by atoms with Crippen LogP contribution in [0.15, 0.2) is 48.7 Å². The summed E-state index contributed by atoms with van der Waals surface area (Å²) in [6.45, 7) is 4.19. The quantitative estimate of drug-likeness (QED) is 0.702. The molecule has 25 heavy (non-hydrogen) atoms. The highest BCUT2D eigenvalue weighted by Crippen LogP contribution is 2.25. The first-order valence-electron chi connectivity index (χ1n) is 8.16. The summed E-state index contributed by atoms with van der Waals surface area (Å²) in [5.41, 5.74) is 4.27. The van der Waals surface area contributed by atoms with Crippen LogP contribution in [0.25, 0.3) is 0 Å². The first-order valence-corrected chi connectivity index (χ1v) is 8.16. The number of anilines is 4. The van der Waals surface area contributed by atoms with Gasteiger partial charge in [-0.05, 0) is 36.6 Å². The fourth-order valence-corrected chi connectivity index (χ4v) is 2.58. The third-order valence-electron chi connectivity index (χ3n) is 3.88. The van der Waals surface area contributed by atoms with E-state index in [1.54, 1.807) is 13.3 Å². The Balaban J connectivity index is 1.82. The van der Waals surface area contributed by atoms with Gasteiger partial charge in [-0.2, -0.15) is 10.1 Å². The molecular formula is C19H21N5O. The number of benzene rings is 2. The number of para-hydroxylation sites is 1. The van der Waals surface area contributed by atoms with Gasteiger partial charge in [0.15, 0.2) is 5.82 Å². The fraction of sp³-hybridized carbons (Fsp3) is 0.211. The van der Waals surface area contributed by atoms with Gasteiger partial charge in [-0.15, -0.1) is 5.10 Å². The van der Waals surface area contributed by atoms with Crippen LogP contribution in [0.2, 0.25) is 0 Å². The predicted molar refractivity (Wildman–Crippen MR) is 99.9 cm³/mol. The minimum Gasteiger partial charge on any atom is -0.497 e. The molecule has 0 amide bonds. The van der Waals surface area contributed by atoms with Gasteiger partial charge in [0.25, 0.3) is 0 Å². The van der Waals surface area contributed by atoms with Crippen LogP contribution in [0.1, 0.15) is 18.1 Å². The molecule has 0 atom stereocenters. The first kappa shape index (κ1) is 16.7. The van der Waals surface area contributed by atoms with Gasteiger partial charge in [0.05, 0.1) is 13.3 Å². The average molecular weight is 335 g/mol. The van der Waals surface area contributed by atoms with Crippen molar-refractivity contribution in [3.63, 3.8) is 0 Å². The van der Waals surface area contributed by atoms with Crippen molar-refractivity contribution in [1.82, 2.24) is 15.2 Å². The molecule has 0 aliphatic carbocycles. The Morgan fingerprint density at radius 3 is 2.72 bits per heavy atom. The van der Waals surface area contributed by atoms with E-state index in [2.05, 4.69) is 57.9 Å². The van der Waals surface area contributed by atoms with Gasteiger partial charge in [-0.25, -0.2) is 0 Å². The van der Waals surface area contributed by atoms with Gasteiger partial charge in [-0.1, -0.05) is 31.2 Å². The number of rotatable bonds is 6. The number of hydrogen-bond acceptors (Lipinski definition) is 6. The second-order valence-corrected chi connectivity index (χ2v) is 5.61. The Labute approximate surface area is 147 Å². The summed E-state index contributed by atoms with van der Waals surface area (Å²) in [5, 5.41) is 14.6. The van der Waals surface area contributed by atoms with E-state index in [-0.39, 0.29) is 0 Å². The second-order valence-electron chi connectivity index (χ2n) is 5.61. The molecule has 0 spiro atoms. The third-order valence-corrected chi connectivity index (χ3v) is 3.88. The minimum absolute atomic E-state index is 0.455. The Kier molecular flexibility index (Phi) is 5.09. The SMILES string of the molecule is CCc1cccc(C)c1Nc1nncc(Nc2cccc(OC)c2)n1.